The second-order valence-electron chi connectivity index (χ2n) is 4.76. The Morgan fingerprint density at radius 1 is 1.15 bits per heavy atom. The van der Waals surface area contributed by atoms with Crippen LogP contribution in [0.5, 0.6) is 5.75 Å². The Labute approximate surface area is 120 Å². The predicted molar refractivity (Wildman–Crippen MR) is 81.7 cm³/mol. The molecule has 1 N–H and O–H groups in total. The van der Waals surface area contributed by atoms with E-state index in [0.717, 1.165) is 25.1 Å². The number of unbranched alkanes of at least 4 members (excludes halogenated alkanes) is 2. The monoisotopic (exact) mass is 268 g/mol. The molecule has 0 unspecified atom stereocenters. The molecule has 0 aliphatic carbocycles. The van der Waals surface area contributed by atoms with Crippen molar-refractivity contribution in [2.24, 2.45) is 0 Å². The third-order valence-corrected chi connectivity index (χ3v) is 3.29. The average molecular weight is 268 g/mol. The largest absolute Gasteiger partial charge is 0.493 e. The van der Waals surface area contributed by atoms with Crippen LogP contribution in [0.25, 0.3) is 10.8 Å². The molecule has 2 aromatic carbocycles. The minimum atomic E-state index is 0.602. The molecule has 0 fully saturated rings. The number of ether oxygens (including phenoxy) is 1. The van der Waals surface area contributed by atoms with Crippen LogP contribution in [0.1, 0.15) is 24.8 Å². The van der Waals surface area contributed by atoms with Crippen molar-refractivity contribution in [3.05, 3.63) is 42.0 Å². The van der Waals surface area contributed by atoms with E-state index in [-0.39, 0.29) is 0 Å². The minimum absolute atomic E-state index is 0.602. The van der Waals surface area contributed by atoms with Crippen molar-refractivity contribution in [1.82, 2.24) is 5.32 Å². The molecule has 3 nitrogen and oxygen atoms in total. The molecule has 2 rings (SSSR count). The molecule has 3 heteroatoms. The fraction of sp³-hybridized carbons (Fsp3) is 0.353. The van der Waals surface area contributed by atoms with Crippen molar-refractivity contribution in [3.8, 4) is 11.8 Å². The molecule has 104 valence electrons. The van der Waals surface area contributed by atoms with Gasteiger partial charge >= 0.3 is 0 Å². The summed E-state index contributed by atoms with van der Waals surface area (Å²) in [6.07, 6.45) is 2.41. The van der Waals surface area contributed by atoms with Gasteiger partial charge in [-0.15, -0.1) is 0 Å². The van der Waals surface area contributed by atoms with Gasteiger partial charge in [0.2, 0.25) is 0 Å². The van der Waals surface area contributed by atoms with Gasteiger partial charge in [0.15, 0.2) is 0 Å². The molecule has 0 radical (unpaired) electrons. The number of hydrogen-bond donors (Lipinski definition) is 1. The van der Waals surface area contributed by atoms with Gasteiger partial charge in [0.05, 0.1) is 12.7 Å². The van der Waals surface area contributed by atoms with Crippen molar-refractivity contribution in [2.75, 3.05) is 13.7 Å². The average Bonchev–Trinajstić information content (AvgIpc) is 2.49. The fourth-order valence-corrected chi connectivity index (χ4v) is 2.30. The summed E-state index contributed by atoms with van der Waals surface area (Å²) in [5.74, 6) is 0.940. The summed E-state index contributed by atoms with van der Waals surface area (Å²) >= 11 is 0. The Morgan fingerprint density at radius 3 is 2.80 bits per heavy atom. The van der Waals surface area contributed by atoms with Gasteiger partial charge in [-0.05, 0) is 36.7 Å². The van der Waals surface area contributed by atoms with Gasteiger partial charge < -0.3 is 10.1 Å². The quantitative estimate of drug-likeness (QED) is 0.780. The minimum Gasteiger partial charge on any atom is -0.493 e. The van der Waals surface area contributed by atoms with Crippen LogP contribution < -0.4 is 10.1 Å². The zero-order valence-electron chi connectivity index (χ0n) is 11.9. The van der Waals surface area contributed by atoms with Gasteiger partial charge in [-0.25, -0.2) is 0 Å². The molecule has 0 aliphatic heterocycles. The first-order valence-corrected chi connectivity index (χ1v) is 7.02. The van der Waals surface area contributed by atoms with Crippen LogP contribution in [0.3, 0.4) is 0 Å². The predicted octanol–water partition coefficient (Wildman–Crippen LogP) is 3.63. The van der Waals surface area contributed by atoms with E-state index in [2.05, 4.69) is 35.7 Å². The van der Waals surface area contributed by atoms with Crippen LogP contribution in [0.4, 0.5) is 0 Å². The van der Waals surface area contributed by atoms with Crippen molar-refractivity contribution in [1.29, 1.82) is 5.26 Å². The van der Waals surface area contributed by atoms with Crippen molar-refractivity contribution in [3.63, 3.8) is 0 Å². The van der Waals surface area contributed by atoms with Crippen LogP contribution >= 0.6 is 0 Å². The zero-order valence-corrected chi connectivity index (χ0v) is 11.9. The van der Waals surface area contributed by atoms with E-state index in [9.17, 15) is 0 Å². The summed E-state index contributed by atoms with van der Waals surface area (Å²) in [5, 5.41) is 14.2. The number of nitriles is 1. The Kier molecular flexibility index (Phi) is 5.40. The SMILES string of the molecule is CNCc1c(OCCCCC#N)ccc2ccccc12. The highest BCUT2D eigenvalue weighted by Crippen LogP contribution is 2.28. The first kappa shape index (κ1) is 14.4. The third-order valence-electron chi connectivity index (χ3n) is 3.29. The summed E-state index contributed by atoms with van der Waals surface area (Å²) in [6.45, 7) is 1.45. The lowest BCUT2D eigenvalue weighted by molar-refractivity contribution is 0.304. The van der Waals surface area contributed by atoms with E-state index in [4.69, 9.17) is 10.00 Å². The number of hydrogen-bond acceptors (Lipinski definition) is 3. The van der Waals surface area contributed by atoms with Gasteiger partial charge in [-0.2, -0.15) is 5.26 Å². The Morgan fingerprint density at radius 2 is 2.00 bits per heavy atom. The molecule has 0 amide bonds. The molecule has 0 spiro atoms. The maximum absolute atomic E-state index is 8.52. The second kappa shape index (κ2) is 7.52. The molecule has 2 aromatic rings. The molecule has 0 saturated heterocycles. The Bertz CT molecular complexity index is 601. The van der Waals surface area contributed by atoms with Crippen LogP contribution in [-0.4, -0.2) is 13.7 Å². The second-order valence-corrected chi connectivity index (χ2v) is 4.76. The number of rotatable bonds is 7. The number of nitrogens with one attached hydrogen (secondary N) is 1. The Balaban J connectivity index is 2.15. The van der Waals surface area contributed by atoms with Gasteiger partial charge in [0.1, 0.15) is 5.75 Å². The van der Waals surface area contributed by atoms with Crippen molar-refractivity contribution < 1.29 is 4.74 Å². The molecule has 0 aromatic heterocycles. The summed E-state index contributed by atoms with van der Waals surface area (Å²) in [5.41, 5.74) is 1.20. The van der Waals surface area contributed by atoms with Crippen molar-refractivity contribution in [2.45, 2.75) is 25.8 Å². The molecule has 0 heterocycles. The van der Waals surface area contributed by atoms with Gasteiger partial charge in [-0.1, -0.05) is 30.3 Å². The standard InChI is InChI=1S/C17H20N2O/c1-19-13-16-15-8-4-3-7-14(15)9-10-17(16)20-12-6-2-5-11-18/h3-4,7-10,19H,2,5-6,12-13H2,1H3. The van der Waals surface area contributed by atoms with E-state index in [1.807, 2.05) is 19.2 Å². The maximum atomic E-state index is 8.52. The summed E-state index contributed by atoms with van der Waals surface area (Å²) in [4.78, 5) is 0. The van der Waals surface area contributed by atoms with E-state index < -0.39 is 0 Å². The lowest BCUT2D eigenvalue weighted by atomic mass is 10.0. The van der Waals surface area contributed by atoms with Gasteiger partial charge in [0.25, 0.3) is 0 Å². The van der Waals surface area contributed by atoms with Gasteiger partial charge in [-0.3, -0.25) is 0 Å². The first-order chi connectivity index (χ1) is 9.86. The van der Waals surface area contributed by atoms with Crippen LogP contribution in [0, 0.1) is 11.3 Å². The highest BCUT2D eigenvalue weighted by atomic mass is 16.5. The molecular formula is C17H20N2O. The molecule has 0 saturated carbocycles. The molecule has 20 heavy (non-hydrogen) atoms. The third kappa shape index (κ3) is 3.49. The van der Waals surface area contributed by atoms with E-state index in [1.165, 1.54) is 16.3 Å². The highest BCUT2D eigenvalue weighted by Gasteiger charge is 2.07. The summed E-state index contributed by atoms with van der Waals surface area (Å²) in [6, 6.07) is 14.6. The fourth-order valence-electron chi connectivity index (χ4n) is 2.30. The molecule has 0 aliphatic rings. The van der Waals surface area contributed by atoms with E-state index >= 15 is 0 Å². The van der Waals surface area contributed by atoms with Crippen molar-refractivity contribution >= 4 is 10.8 Å². The maximum Gasteiger partial charge on any atom is 0.124 e. The Hall–Kier alpha value is -2.05. The highest BCUT2D eigenvalue weighted by molar-refractivity contribution is 5.87. The van der Waals surface area contributed by atoms with E-state index in [1.54, 1.807) is 0 Å². The number of benzene rings is 2. The smallest absolute Gasteiger partial charge is 0.124 e. The lowest BCUT2D eigenvalue weighted by Gasteiger charge is -2.14. The molecule has 0 bridgehead atoms. The van der Waals surface area contributed by atoms with Crippen LogP contribution in [-0.2, 0) is 6.54 Å². The van der Waals surface area contributed by atoms with Gasteiger partial charge in [0, 0.05) is 18.5 Å². The summed E-state index contributed by atoms with van der Waals surface area (Å²) in [7, 11) is 1.94. The zero-order chi connectivity index (χ0) is 14.2. The summed E-state index contributed by atoms with van der Waals surface area (Å²) < 4.78 is 5.89. The number of fused-ring (bicyclic) bond motifs is 1. The van der Waals surface area contributed by atoms with Crippen LogP contribution in [0.2, 0.25) is 0 Å². The molecular weight excluding hydrogens is 248 g/mol. The van der Waals surface area contributed by atoms with E-state index in [0.29, 0.717) is 13.0 Å². The topological polar surface area (TPSA) is 45.0 Å². The normalized spacial score (nSPS) is 10.4. The number of nitrogens with zero attached hydrogens (tertiary/aromatic N) is 1. The van der Waals surface area contributed by atoms with Crippen LogP contribution in [0.15, 0.2) is 36.4 Å². The molecule has 0 atom stereocenters. The lowest BCUT2D eigenvalue weighted by Crippen LogP contribution is -2.08. The first-order valence-electron chi connectivity index (χ1n) is 7.02.